The Morgan fingerprint density at radius 1 is 1.14 bits per heavy atom. The minimum Gasteiger partial charge on any atom is -0.486 e. The Morgan fingerprint density at radius 2 is 2.00 bits per heavy atom. The number of amides is 1. The summed E-state index contributed by atoms with van der Waals surface area (Å²) in [6.07, 6.45) is 1.65. The van der Waals surface area contributed by atoms with Crippen molar-refractivity contribution < 1.29 is 19.0 Å². The van der Waals surface area contributed by atoms with Crippen LogP contribution in [-0.2, 0) is 11.3 Å². The van der Waals surface area contributed by atoms with Gasteiger partial charge in [0, 0.05) is 18.1 Å². The summed E-state index contributed by atoms with van der Waals surface area (Å²) in [6, 6.07) is 10.6. The van der Waals surface area contributed by atoms with Crippen molar-refractivity contribution >= 4 is 40.0 Å². The van der Waals surface area contributed by atoms with Gasteiger partial charge < -0.3 is 19.5 Å². The van der Waals surface area contributed by atoms with Gasteiger partial charge in [0.05, 0.1) is 10.0 Å². The van der Waals surface area contributed by atoms with Crippen molar-refractivity contribution in [2.24, 2.45) is 0 Å². The smallest absolute Gasteiger partial charge is 0.258 e. The summed E-state index contributed by atoms with van der Waals surface area (Å²) in [7, 11) is 0. The maximum Gasteiger partial charge on any atom is 0.258 e. The molecule has 4 rings (SSSR count). The first-order chi connectivity index (χ1) is 13.6. The van der Waals surface area contributed by atoms with Crippen LogP contribution < -0.4 is 19.5 Å². The first-order valence-corrected chi connectivity index (χ1v) is 9.38. The molecular weight excluding hydrogens is 403 g/mol. The number of carbonyl (C=O) groups is 1. The van der Waals surface area contributed by atoms with Crippen LogP contribution in [0.1, 0.15) is 5.56 Å². The number of halogens is 2. The molecule has 8 heteroatoms. The number of ether oxygens (including phenoxy) is 3. The zero-order chi connectivity index (χ0) is 19.5. The first-order valence-electron chi connectivity index (χ1n) is 8.62. The summed E-state index contributed by atoms with van der Waals surface area (Å²) in [5.41, 5.74) is 1.42. The third-order valence-corrected chi connectivity index (χ3v) is 4.79. The van der Waals surface area contributed by atoms with Gasteiger partial charge in [0.15, 0.2) is 18.1 Å². The van der Waals surface area contributed by atoms with Crippen LogP contribution in [0.2, 0.25) is 10.0 Å². The van der Waals surface area contributed by atoms with Crippen molar-refractivity contribution in [1.29, 1.82) is 0 Å². The first kappa shape index (κ1) is 18.7. The fourth-order valence-corrected chi connectivity index (χ4v) is 3.39. The topological polar surface area (TPSA) is 69.7 Å². The SMILES string of the molecule is O=C(COc1ccc(Cl)c2cccnc12)NCc1cc(Cl)c2c(c1)OCCO2. The highest BCUT2D eigenvalue weighted by Crippen LogP contribution is 2.38. The Labute approximate surface area is 171 Å². The second-order valence-electron chi connectivity index (χ2n) is 6.11. The van der Waals surface area contributed by atoms with E-state index >= 15 is 0 Å². The van der Waals surface area contributed by atoms with Crippen molar-refractivity contribution in [2.45, 2.75) is 6.54 Å². The molecule has 0 unspecified atom stereocenters. The molecule has 0 bridgehead atoms. The van der Waals surface area contributed by atoms with Gasteiger partial charge >= 0.3 is 0 Å². The summed E-state index contributed by atoms with van der Waals surface area (Å²) in [5.74, 6) is 1.34. The van der Waals surface area contributed by atoms with Crippen LogP contribution in [0, 0.1) is 0 Å². The molecule has 1 N–H and O–H groups in total. The van der Waals surface area contributed by atoms with E-state index in [1.807, 2.05) is 6.07 Å². The number of carbonyl (C=O) groups excluding carboxylic acids is 1. The average Bonchev–Trinajstić information content (AvgIpc) is 2.72. The number of aromatic nitrogens is 1. The van der Waals surface area contributed by atoms with Gasteiger partial charge in [0.1, 0.15) is 24.5 Å². The van der Waals surface area contributed by atoms with E-state index in [1.54, 1.807) is 36.5 Å². The van der Waals surface area contributed by atoms with Gasteiger partial charge in [-0.2, -0.15) is 0 Å². The lowest BCUT2D eigenvalue weighted by Crippen LogP contribution is -2.28. The van der Waals surface area contributed by atoms with Gasteiger partial charge in [-0.3, -0.25) is 9.78 Å². The normalized spacial score (nSPS) is 12.6. The molecule has 1 aromatic heterocycles. The molecule has 144 valence electrons. The fourth-order valence-electron chi connectivity index (χ4n) is 2.89. The van der Waals surface area contributed by atoms with E-state index in [0.29, 0.717) is 46.0 Å². The Morgan fingerprint density at radius 3 is 2.89 bits per heavy atom. The van der Waals surface area contributed by atoms with Gasteiger partial charge in [-0.25, -0.2) is 0 Å². The number of benzene rings is 2. The standard InChI is InChI=1S/C20H16Cl2N2O4/c21-14-3-4-16(19-13(14)2-1-5-23-19)28-11-18(25)24-10-12-8-15(22)20-17(9-12)26-6-7-27-20/h1-5,8-9H,6-7,10-11H2,(H,24,25). The molecule has 3 aromatic rings. The highest BCUT2D eigenvalue weighted by Gasteiger charge is 2.17. The molecule has 6 nitrogen and oxygen atoms in total. The van der Waals surface area contributed by atoms with E-state index in [4.69, 9.17) is 37.4 Å². The van der Waals surface area contributed by atoms with Crippen molar-refractivity contribution in [3.63, 3.8) is 0 Å². The number of hydrogen-bond acceptors (Lipinski definition) is 5. The lowest BCUT2D eigenvalue weighted by Gasteiger charge is -2.20. The maximum atomic E-state index is 12.2. The molecule has 0 saturated heterocycles. The Kier molecular flexibility index (Phi) is 5.41. The lowest BCUT2D eigenvalue weighted by atomic mass is 10.2. The quantitative estimate of drug-likeness (QED) is 0.677. The number of rotatable bonds is 5. The minimum absolute atomic E-state index is 0.147. The molecule has 0 aliphatic carbocycles. The number of pyridine rings is 1. The van der Waals surface area contributed by atoms with Crippen LogP contribution in [-0.4, -0.2) is 30.7 Å². The molecular formula is C20H16Cl2N2O4. The van der Waals surface area contributed by atoms with Crippen molar-refractivity contribution in [2.75, 3.05) is 19.8 Å². The van der Waals surface area contributed by atoms with Crippen LogP contribution in [0.15, 0.2) is 42.6 Å². The molecule has 1 aliphatic rings. The summed E-state index contributed by atoms with van der Waals surface area (Å²) >= 11 is 12.4. The van der Waals surface area contributed by atoms with Gasteiger partial charge in [-0.05, 0) is 42.0 Å². The second-order valence-corrected chi connectivity index (χ2v) is 6.93. The molecule has 0 spiro atoms. The van der Waals surface area contributed by atoms with Crippen LogP contribution in [0.3, 0.4) is 0 Å². The third-order valence-electron chi connectivity index (χ3n) is 4.18. The van der Waals surface area contributed by atoms with Crippen LogP contribution >= 0.6 is 23.2 Å². The van der Waals surface area contributed by atoms with Crippen molar-refractivity contribution in [3.05, 3.63) is 58.2 Å². The molecule has 0 atom stereocenters. The fraction of sp³-hybridized carbons (Fsp3) is 0.200. The predicted octanol–water partition coefficient (Wildman–Crippen LogP) is 4.01. The molecule has 1 aliphatic heterocycles. The zero-order valence-electron chi connectivity index (χ0n) is 14.7. The molecule has 0 fully saturated rings. The molecule has 2 aromatic carbocycles. The van der Waals surface area contributed by atoms with E-state index in [2.05, 4.69) is 10.3 Å². The van der Waals surface area contributed by atoms with E-state index in [-0.39, 0.29) is 19.1 Å². The molecule has 0 radical (unpaired) electrons. The van der Waals surface area contributed by atoms with Gasteiger partial charge in [-0.1, -0.05) is 23.2 Å². The number of nitrogens with zero attached hydrogens (tertiary/aromatic N) is 1. The van der Waals surface area contributed by atoms with E-state index in [9.17, 15) is 4.79 Å². The van der Waals surface area contributed by atoms with Crippen molar-refractivity contribution in [1.82, 2.24) is 10.3 Å². The summed E-state index contributed by atoms with van der Waals surface area (Å²) in [4.78, 5) is 16.5. The monoisotopic (exact) mass is 418 g/mol. The highest BCUT2D eigenvalue weighted by molar-refractivity contribution is 6.35. The number of hydrogen-bond donors (Lipinski definition) is 1. The third kappa shape index (κ3) is 3.93. The zero-order valence-corrected chi connectivity index (χ0v) is 16.2. The molecule has 1 amide bonds. The van der Waals surface area contributed by atoms with Crippen LogP contribution in [0.25, 0.3) is 10.9 Å². The second kappa shape index (κ2) is 8.12. The van der Waals surface area contributed by atoms with E-state index < -0.39 is 0 Å². The van der Waals surface area contributed by atoms with E-state index in [0.717, 1.165) is 10.9 Å². The molecule has 0 saturated carbocycles. The Hall–Kier alpha value is -2.70. The highest BCUT2D eigenvalue weighted by atomic mass is 35.5. The minimum atomic E-state index is -0.273. The Bertz CT molecular complexity index is 1040. The lowest BCUT2D eigenvalue weighted by molar-refractivity contribution is -0.123. The Balaban J connectivity index is 1.38. The summed E-state index contributed by atoms with van der Waals surface area (Å²) < 4.78 is 16.7. The molecule has 2 heterocycles. The van der Waals surface area contributed by atoms with Gasteiger partial charge in [0.25, 0.3) is 5.91 Å². The van der Waals surface area contributed by atoms with E-state index in [1.165, 1.54) is 0 Å². The predicted molar refractivity (Wildman–Crippen MR) is 107 cm³/mol. The van der Waals surface area contributed by atoms with Crippen LogP contribution in [0.4, 0.5) is 0 Å². The van der Waals surface area contributed by atoms with Gasteiger partial charge in [-0.15, -0.1) is 0 Å². The summed E-state index contributed by atoms with van der Waals surface area (Å²) in [6.45, 7) is 1.08. The van der Waals surface area contributed by atoms with Gasteiger partial charge in [0.2, 0.25) is 0 Å². The summed E-state index contributed by atoms with van der Waals surface area (Å²) in [5, 5.41) is 4.60. The number of nitrogens with one attached hydrogen (secondary N) is 1. The number of fused-ring (bicyclic) bond motifs is 2. The van der Waals surface area contributed by atoms with Crippen LogP contribution in [0.5, 0.6) is 17.2 Å². The largest absolute Gasteiger partial charge is 0.486 e. The molecule has 28 heavy (non-hydrogen) atoms. The van der Waals surface area contributed by atoms with Crippen molar-refractivity contribution in [3.8, 4) is 17.2 Å². The maximum absolute atomic E-state index is 12.2. The average molecular weight is 419 g/mol.